The van der Waals surface area contributed by atoms with Crippen LogP contribution in [0, 0.1) is 16.7 Å². The van der Waals surface area contributed by atoms with Gasteiger partial charge in [-0.2, -0.15) is 0 Å². The lowest BCUT2D eigenvalue weighted by molar-refractivity contribution is -0.118. The number of anilines is 1. The molecule has 0 amide bonds. The molecule has 1 aromatic rings. The standard InChI is InChI=1S/C21H32N2/c1-19-9-17-10-20(2,13-19)15-21(11-17,14-19)22-12-16-5-7-18(8-6-16)23(3)4/h5-8,17,22H,9-15H2,1-4H3. The Morgan fingerprint density at radius 2 is 1.57 bits per heavy atom. The van der Waals surface area contributed by atoms with Crippen LogP contribution in [0.15, 0.2) is 24.3 Å². The third-order valence-corrected chi connectivity index (χ3v) is 6.75. The van der Waals surface area contributed by atoms with Gasteiger partial charge in [0.25, 0.3) is 0 Å². The Labute approximate surface area is 141 Å². The van der Waals surface area contributed by atoms with Crippen molar-refractivity contribution in [3.05, 3.63) is 29.8 Å². The van der Waals surface area contributed by atoms with Crippen LogP contribution in [0.3, 0.4) is 0 Å². The second kappa shape index (κ2) is 4.99. The topological polar surface area (TPSA) is 15.3 Å². The normalized spacial score (nSPS) is 41.3. The smallest absolute Gasteiger partial charge is 0.0361 e. The quantitative estimate of drug-likeness (QED) is 0.874. The van der Waals surface area contributed by atoms with Gasteiger partial charge in [-0.1, -0.05) is 26.0 Å². The highest BCUT2D eigenvalue weighted by Gasteiger charge is 2.59. The largest absolute Gasteiger partial charge is 0.378 e. The van der Waals surface area contributed by atoms with E-state index in [0.29, 0.717) is 16.4 Å². The summed E-state index contributed by atoms with van der Waals surface area (Å²) in [6, 6.07) is 9.04. The highest BCUT2D eigenvalue weighted by atomic mass is 15.1. The fraction of sp³-hybridized carbons (Fsp3) is 0.714. The molecule has 2 heteroatoms. The molecule has 0 heterocycles. The van der Waals surface area contributed by atoms with Gasteiger partial charge in [-0.3, -0.25) is 0 Å². The zero-order valence-corrected chi connectivity index (χ0v) is 15.3. The van der Waals surface area contributed by atoms with Crippen LogP contribution < -0.4 is 10.2 Å². The summed E-state index contributed by atoms with van der Waals surface area (Å²) in [7, 11) is 4.20. The fourth-order valence-corrected chi connectivity index (χ4v) is 6.85. The van der Waals surface area contributed by atoms with Crippen LogP contribution in [0.1, 0.15) is 57.9 Å². The summed E-state index contributed by atoms with van der Waals surface area (Å²) in [6.45, 7) is 6.13. The molecular weight excluding hydrogens is 280 g/mol. The molecule has 1 aromatic carbocycles. The molecule has 0 aromatic heterocycles. The average Bonchev–Trinajstić information content (AvgIpc) is 2.42. The van der Waals surface area contributed by atoms with Crippen LogP contribution in [0.5, 0.6) is 0 Å². The van der Waals surface area contributed by atoms with Crippen molar-refractivity contribution in [1.82, 2.24) is 5.32 Å². The number of hydrogen-bond donors (Lipinski definition) is 1. The molecule has 4 aliphatic rings. The van der Waals surface area contributed by atoms with E-state index in [9.17, 15) is 0 Å². The zero-order chi connectivity index (χ0) is 16.3. The van der Waals surface area contributed by atoms with E-state index < -0.39 is 0 Å². The summed E-state index contributed by atoms with van der Waals surface area (Å²) in [5.74, 6) is 0.963. The first kappa shape index (κ1) is 15.5. The molecule has 23 heavy (non-hydrogen) atoms. The predicted molar refractivity (Wildman–Crippen MR) is 97.7 cm³/mol. The van der Waals surface area contributed by atoms with Gasteiger partial charge < -0.3 is 10.2 Å². The molecule has 1 N–H and O–H groups in total. The minimum Gasteiger partial charge on any atom is -0.378 e. The van der Waals surface area contributed by atoms with Gasteiger partial charge in [-0.05, 0) is 73.0 Å². The van der Waals surface area contributed by atoms with Crippen molar-refractivity contribution in [1.29, 1.82) is 0 Å². The van der Waals surface area contributed by atoms with Crippen molar-refractivity contribution in [3.63, 3.8) is 0 Å². The Balaban J connectivity index is 1.48. The summed E-state index contributed by atoms with van der Waals surface area (Å²) in [6.07, 6.45) is 8.60. The van der Waals surface area contributed by atoms with Crippen LogP contribution in [0.4, 0.5) is 5.69 Å². The molecule has 4 fully saturated rings. The molecule has 0 saturated heterocycles. The van der Waals surface area contributed by atoms with E-state index in [1.54, 1.807) is 0 Å². The Bertz CT molecular complexity index is 570. The van der Waals surface area contributed by atoms with Crippen molar-refractivity contribution < 1.29 is 0 Å². The second-order valence-electron chi connectivity index (χ2n) is 9.82. The van der Waals surface area contributed by atoms with Gasteiger partial charge >= 0.3 is 0 Å². The third kappa shape index (κ3) is 2.80. The van der Waals surface area contributed by atoms with Gasteiger partial charge in [0.2, 0.25) is 0 Å². The minimum atomic E-state index is 0.406. The summed E-state index contributed by atoms with van der Waals surface area (Å²) in [5, 5.41) is 4.03. The molecule has 5 rings (SSSR count). The number of nitrogens with one attached hydrogen (secondary N) is 1. The van der Waals surface area contributed by atoms with E-state index in [1.165, 1.54) is 49.8 Å². The number of rotatable bonds is 4. The van der Waals surface area contributed by atoms with Crippen molar-refractivity contribution in [3.8, 4) is 0 Å². The molecular formula is C21H32N2. The minimum absolute atomic E-state index is 0.406. The van der Waals surface area contributed by atoms with Crippen molar-refractivity contribution in [2.45, 2.75) is 64.5 Å². The molecule has 0 aliphatic heterocycles. The molecule has 0 radical (unpaired) electrons. The van der Waals surface area contributed by atoms with Gasteiger partial charge in [0, 0.05) is 31.9 Å². The molecule has 2 atom stereocenters. The Hall–Kier alpha value is -1.02. The van der Waals surface area contributed by atoms with E-state index in [1.807, 2.05) is 0 Å². The molecule has 2 nitrogen and oxygen atoms in total. The van der Waals surface area contributed by atoms with E-state index in [0.717, 1.165) is 12.5 Å². The van der Waals surface area contributed by atoms with Crippen LogP contribution in [-0.4, -0.2) is 19.6 Å². The van der Waals surface area contributed by atoms with Gasteiger partial charge in [0.1, 0.15) is 0 Å². The molecule has 4 aliphatic carbocycles. The Morgan fingerprint density at radius 1 is 0.957 bits per heavy atom. The number of benzene rings is 1. The first-order valence-corrected chi connectivity index (χ1v) is 9.30. The maximum atomic E-state index is 4.03. The van der Waals surface area contributed by atoms with E-state index in [-0.39, 0.29) is 0 Å². The highest BCUT2D eigenvalue weighted by Crippen LogP contribution is 2.66. The van der Waals surface area contributed by atoms with Crippen LogP contribution in [0.25, 0.3) is 0 Å². The van der Waals surface area contributed by atoms with Crippen molar-refractivity contribution in [2.75, 3.05) is 19.0 Å². The van der Waals surface area contributed by atoms with Crippen molar-refractivity contribution in [2.24, 2.45) is 16.7 Å². The van der Waals surface area contributed by atoms with Crippen LogP contribution >= 0.6 is 0 Å². The van der Waals surface area contributed by atoms with Crippen LogP contribution in [0.2, 0.25) is 0 Å². The number of hydrogen-bond acceptors (Lipinski definition) is 2. The lowest BCUT2D eigenvalue weighted by Crippen LogP contribution is -2.63. The summed E-state index contributed by atoms with van der Waals surface area (Å²) in [5.41, 5.74) is 4.29. The monoisotopic (exact) mass is 312 g/mol. The lowest BCUT2D eigenvalue weighted by atomic mass is 9.43. The highest BCUT2D eigenvalue weighted by molar-refractivity contribution is 5.46. The van der Waals surface area contributed by atoms with Gasteiger partial charge in [0.05, 0.1) is 0 Å². The van der Waals surface area contributed by atoms with Gasteiger partial charge in [-0.15, -0.1) is 0 Å². The van der Waals surface area contributed by atoms with E-state index in [4.69, 9.17) is 0 Å². The maximum absolute atomic E-state index is 4.03. The fourth-order valence-electron chi connectivity index (χ4n) is 6.85. The third-order valence-electron chi connectivity index (χ3n) is 6.75. The summed E-state index contributed by atoms with van der Waals surface area (Å²) >= 11 is 0. The molecule has 2 unspecified atom stereocenters. The average molecular weight is 313 g/mol. The molecule has 4 saturated carbocycles. The molecule has 126 valence electrons. The summed E-state index contributed by atoms with van der Waals surface area (Å²) in [4.78, 5) is 2.16. The molecule has 4 bridgehead atoms. The SMILES string of the molecule is CN(C)c1ccc(CNC23CC4CC(C)(CC(C)(C4)C2)C3)cc1. The predicted octanol–water partition coefficient (Wildman–Crippen LogP) is 4.59. The lowest BCUT2D eigenvalue weighted by Gasteiger charge is -2.65. The number of nitrogens with zero attached hydrogens (tertiary/aromatic N) is 1. The van der Waals surface area contributed by atoms with Gasteiger partial charge in [0.15, 0.2) is 0 Å². The first-order valence-electron chi connectivity index (χ1n) is 9.30. The summed E-state index contributed by atoms with van der Waals surface area (Å²) < 4.78 is 0. The van der Waals surface area contributed by atoms with Gasteiger partial charge in [-0.25, -0.2) is 0 Å². The zero-order valence-electron chi connectivity index (χ0n) is 15.3. The van der Waals surface area contributed by atoms with Crippen LogP contribution in [-0.2, 0) is 6.54 Å². The Morgan fingerprint density at radius 3 is 2.09 bits per heavy atom. The first-order chi connectivity index (χ1) is 10.8. The van der Waals surface area contributed by atoms with Crippen molar-refractivity contribution >= 4 is 5.69 Å². The van der Waals surface area contributed by atoms with E-state index >= 15 is 0 Å². The molecule has 0 spiro atoms. The second-order valence-corrected chi connectivity index (χ2v) is 9.82. The Kier molecular flexibility index (Phi) is 3.36. The van der Waals surface area contributed by atoms with E-state index in [2.05, 4.69) is 62.4 Å². The maximum Gasteiger partial charge on any atom is 0.0361 e.